The third kappa shape index (κ3) is 4.62. The van der Waals surface area contributed by atoms with Gasteiger partial charge in [-0.05, 0) is 60.4 Å². The Morgan fingerprint density at radius 1 is 1.19 bits per heavy atom. The summed E-state index contributed by atoms with van der Waals surface area (Å²) in [6.45, 7) is 14.1. The molecule has 1 aromatic heterocycles. The van der Waals surface area contributed by atoms with E-state index in [1.54, 1.807) is 12.1 Å². The normalized spacial score (nSPS) is 17.3. The van der Waals surface area contributed by atoms with Crippen molar-refractivity contribution in [1.29, 1.82) is 0 Å². The quantitative estimate of drug-likeness (QED) is 0.271. The largest absolute Gasteiger partial charge is 0.324 e. The highest BCUT2D eigenvalue weighted by Crippen LogP contribution is 2.47. The molecule has 0 spiro atoms. The van der Waals surface area contributed by atoms with Crippen LogP contribution in [0.15, 0.2) is 53.5 Å². The monoisotopic (exact) mass is 435 g/mol. The van der Waals surface area contributed by atoms with Crippen LogP contribution in [0, 0.1) is 29.4 Å². The third-order valence-electron chi connectivity index (χ3n) is 5.96. The molecule has 0 N–H and O–H groups in total. The van der Waals surface area contributed by atoms with E-state index in [-0.39, 0.29) is 27.0 Å². The minimum atomic E-state index is -0.361. The number of thiophene rings is 1. The molecule has 4 nitrogen and oxygen atoms in total. The van der Waals surface area contributed by atoms with Gasteiger partial charge in [-0.2, -0.15) is 0 Å². The van der Waals surface area contributed by atoms with Crippen molar-refractivity contribution in [2.45, 2.75) is 53.4 Å². The third-order valence-corrected chi connectivity index (χ3v) is 6.86. The molecular formula is C26H29NO3S. The van der Waals surface area contributed by atoms with Gasteiger partial charge in [-0.25, -0.2) is 0 Å². The SMILES string of the molecule is C=C/C=C\c1c(C)ccc(C)c1C(C1=C(C)CC(C)(C)CC1=O)c1csc([N+](=O)[O-])c1. The van der Waals surface area contributed by atoms with Crippen molar-refractivity contribution in [1.82, 2.24) is 0 Å². The van der Waals surface area contributed by atoms with Crippen LogP contribution < -0.4 is 0 Å². The van der Waals surface area contributed by atoms with Crippen LogP contribution in [0.25, 0.3) is 6.08 Å². The number of ketones is 1. The first-order valence-corrected chi connectivity index (χ1v) is 11.3. The van der Waals surface area contributed by atoms with E-state index < -0.39 is 0 Å². The summed E-state index contributed by atoms with van der Waals surface area (Å²) in [6.07, 6.45) is 6.95. The molecule has 1 aliphatic rings. The molecule has 162 valence electrons. The Bertz CT molecular complexity index is 1120. The van der Waals surface area contributed by atoms with Gasteiger partial charge in [-0.3, -0.25) is 14.9 Å². The fourth-order valence-corrected chi connectivity index (χ4v) is 5.49. The Kier molecular flexibility index (Phi) is 6.46. The van der Waals surface area contributed by atoms with Crippen molar-refractivity contribution in [3.05, 3.63) is 91.4 Å². The molecule has 3 rings (SSSR count). The molecule has 1 aliphatic carbocycles. The summed E-state index contributed by atoms with van der Waals surface area (Å²) in [6, 6.07) is 5.77. The lowest BCUT2D eigenvalue weighted by Gasteiger charge is -2.35. The van der Waals surface area contributed by atoms with Gasteiger partial charge in [0, 0.05) is 29.4 Å². The standard InChI is InChI=1S/C26H29NO3S/c1-7-8-9-20-16(2)10-11-17(3)23(20)25(19-12-22(27(29)30)31-15-19)24-18(4)13-26(5,6)14-21(24)28/h7-12,15,25H,1,13-14H2,2-6H3/b9-8-. The van der Waals surface area contributed by atoms with Crippen LogP contribution in [0.2, 0.25) is 0 Å². The Morgan fingerprint density at radius 2 is 1.87 bits per heavy atom. The molecule has 0 radical (unpaired) electrons. The Morgan fingerprint density at radius 3 is 2.45 bits per heavy atom. The summed E-state index contributed by atoms with van der Waals surface area (Å²) in [7, 11) is 0. The van der Waals surface area contributed by atoms with Crippen LogP contribution in [-0.2, 0) is 4.79 Å². The molecule has 0 bridgehead atoms. The number of hydrogen-bond donors (Lipinski definition) is 0. The topological polar surface area (TPSA) is 60.2 Å². The predicted octanol–water partition coefficient (Wildman–Crippen LogP) is 7.31. The average molecular weight is 436 g/mol. The van der Waals surface area contributed by atoms with Crippen molar-refractivity contribution >= 4 is 28.2 Å². The number of Topliss-reactive ketones (excluding diaryl/α,β-unsaturated/α-hetero) is 1. The van der Waals surface area contributed by atoms with Gasteiger partial charge < -0.3 is 0 Å². The van der Waals surface area contributed by atoms with Gasteiger partial charge in [0.25, 0.3) is 0 Å². The molecule has 0 saturated carbocycles. The molecule has 0 saturated heterocycles. The lowest BCUT2D eigenvalue weighted by atomic mass is 9.68. The van der Waals surface area contributed by atoms with E-state index in [0.717, 1.165) is 56.7 Å². The zero-order chi connectivity index (χ0) is 22.9. The molecule has 5 heteroatoms. The lowest BCUT2D eigenvalue weighted by Crippen LogP contribution is -2.28. The van der Waals surface area contributed by atoms with E-state index in [0.29, 0.717) is 6.42 Å². The molecule has 1 aromatic carbocycles. The number of allylic oxidation sites excluding steroid dienone is 4. The molecule has 1 heterocycles. The Labute approximate surface area is 188 Å². The smallest absolute Gasteiger partial charge is 0.294 e. The number of benzene rings is 1. The predicted molar refractivity (Wildman–Crippen MR) is 129 cm³/mol. The number of hydrogen-bond acceptors (Lipinski definition) is 4. The fraction of sp³-hybridized carbons (Fsp3) is 0.346. The summed E-state index contributed by atoms with van der Waals surface area (Å²) in [5.41, 5.74) is 6.81. The second kappa shape index (κ2) is 8.75. The molecule has 1 unspecified atom stereocenters. The van der Waals surface area contributed by atoms with Crippen LogP contribution in [0.5, 0.6) is 0 Å². The average Bonchev–Trinajstić information content (AvgIpc) is 3.15. The van der Waals surface area contributed by atoms with E-state index in [2.05, 4.69) is 32.6 Å². The van der Waals surface area contributed by atoms with E-state index >= 15 is 0 Å². The van der Waals surface area contributed by atoms with Gasteiger partial charge in [-0.15, -0.1) is 0 Å². The molecule has 0 aliphatic heterocycles. The van der Waals surface area contributed by atoms with Crippen LogP contribution in [-0.4, -0.2) is 10.7 Å². The lowest BCUT2D eigenvalue weighted by molar-refractivity contribution is -0.380. The van der Waals surface area contributed by atoms with Crippen LogP contribution in [0.3, 0.4) is 0 Å². The summed E-state index contributed by atoms with van der Waals surface area (Å²) >= 11 is 1.11. The number of nitro groups is 1. The van der Waals surface area contributed by atoms with E-state index in [9.17, 15) is 14.9 Å². The maximum Gasteiger partial charge on any atom is 0.324 e. The van der Waals surface area contributed by atoms with Crippen molar-refractivity contribution < 1.29 is 9.72 Å². The van der Waals surface area contributed by atoms with E-state index in [4.69, 9.17) is 0 Å². The second-order valence-electron chi connectivity index (χ2n) is 9.16. The van der Waals surface area contributed by atoms with Gasteiger partial charge in [0.2, 0.25) is 0 Å². The number of aryl methyl sites for hydroxylation is 2. The molecule has 0 amide bonds. The van der Waals surface area contributed by atoms with Crippen molar-refractivity contribution in [3.8, 4) is 0 Å². The number of rotatable bonds is 6. The fourth-order valence-electron chi connectivity index (χ4n) is 4.74. The summed E-state index contributed by atoms with van der Waals surface area (Å²) in [5, 5.41) is 13.3. The van der Waals surface area contributed by atoms with Gasteiger partial charge in [-0.1, -0.05) is 67.7 Å². The molecule has 2 aromatic rings. The van der Waals surface area contributed by atoms with E-state index in [1.165, 1.54) is 0 Å². The number of carbonyl (C=O) groups excluding carboxylic acids is 1. The highest BCUT2D eigenvalue weighted by Gasteiger charge is 2.37. The van der Waals surface area contributed by atoms with Crippen LogP contribution >= 0.6 is 11.3 Å². The zero-order valence-electron chi connectivity index (χ0n) is 18.8. The van der Waals surface area contributed by atoms with Crippen molar-refractivity contribution in [2.75, 3.05) is 0 Å². The highest BCUT2D eigenvalue weighted by molar-refractivity contribution is 7.13. The molecule has 0 fully saturated rings. The highest BCUT2D eigenvalue weighted by atomic mass is 32.1. The molecule has 31 heavy (non-hydrogen) atoms. The van der Waals surface area contributed by atoms with Crippen molar-refractivity contribution in [3.63, 3.8) is 0 Å². The first-order valence-electron chi connectivity index (χ1n) is 10.4. The minimum Gasteiger partial charge on any atom is -0.294 e. The van der Waals surface area contributed by atoms with Gasteiger partial charge in [0.05, 0.1) is 4.92 Å². The maximum absolute atomic E-state index is 13.4. The van der Waals surface area contributed by atoms with Crippen LogP contribution in [0.1, 0.15) is 67.3 Å². The molecular weight excluding hydrogens is 406 g/mol. The van der Waals surface area contributed by atoms with Gasteiger partial charge in [0.15, 0.2) is 5.78 Å². The first kappa shape index (κ1) is 22.9. The summed E-state index contributed by atoms with van der Waals surface area (Å²) in [4.78, 5) is 24.5. The minimum absolute atomic E-state index is 0.0803. The number of carbonyl (C=O) groups is 1. The Balaban J connectivity index is 2.35. The first-order chi connectivity index (χ1) is 14.6. The van der Waals surface area contributed by atoms with Gasteiger partial charge >= 0.3 is 5.00 Å². The Hall–Kier alpha value is -2.79. The number of nitrogens with zero attached hydrogens (tertiary/aromatic N) is 1. The summed E-state index contributed by atoms with van der Waals surface area (Å²) < 4.78 is 0. The molecule has 1 atom stereocenters. The maximum atomic E-state index is 13.4. The summed E-state index contributed by atoms with van der Waals surface area (Å²) in [5.74, 6) is -0.204. The zero-order valence-corrected chi connectivity index (χ0v) is 19.6. The second-order valence-corrected chi connectivity index (χ2v) is 10.1. The van der Waals surface area contributed by atoms with E-state index in [1.807, 2.05) is 38.3 Å². The van der Waals surface area contributed by atoms with Crippen molar-refractivity contribution in [2.24, 2.45) is 5.41 Å². The van der Waals surface area contributed by atoms with Crippen LogP contribution in [0.4, 0.5) is 5.00 Å². The van der Waals surface area contributed by atoms with Gasteiger partial charge in [0.1, 0.15) is 0 Å².